The SMILES string of the molecule is O=C(Nc1cccc(OB(O)O)c1)c1cc2ccccc2nc1N1CCCC(F)(F)CC1. The van der Waals surface area contributed by atoms with Gasteiger partial charge in [0.25, 0.3) is 5.91 Å². The second-order valence-electron chi connectivity index (χ2n) is 7.67. The van der Waals surface area contributed by atoms with Crippen molar-refractivity contribution in [3.8, 4) is 5.75 Å². The molecule has 0 radical (unpaired) electrons. The zero-order chi connectivity index (χ0) is 22.7. The minimum absolute atomic E-state index is 0.0936. The maximum atomic E-state index is 13.9. The lowest BCUT2D eigenvalue weighted by Crippen LogP contribution is -2.29. The van der Waals surface area contributed by atoms with Crippen molar-refractivity contribution in [1.29, 1.82) is 0 Å². The number of para-hydroxylation sites is 1. The molecule has 2 aromatic carbocycles. The first-order valence-corrected chi connectivity index (χ1v) is 10.3. The number of nitrogens with one attached hydrogen (secondary N) is 1. The molecule has 1 aliphatic heterocycles. The molecule has 1 amide bonds. The second-order valence-corrected chi connectivity index (χ2v) is 7.67. The number of carbonyl (C=O) groups excluding carboxylic acids is 1. The fraction of sp³-hybridized carbons (Fsp3) is 0.273. The average molecular weight is 441 g/mol. The van der Waals surface area contributed by atoms with Gasteiger partial charge in [0.1, 0.15) is 11.6 Å². The molecule has 0 spiro atoms. The molecule has 32 heavy (non-hydrogen) atoms. The van der Waals surface area contributed by atoms with Gasteiger partial charge in [0, 0.05) is 43.1 Å². The molecular formula is C22H22BF2N3O4. The third kappa shape index (κ3) is 5.15. The molecule has 10 heteroatoms. The van der Waals surface area contributed by atoms with E-state index in [1.54, 1.807) is 23.1 Å². The van der Waals surface area contributed by atoms with Crippen molar-refractivity contribution in [3.63, 3.8) is 0 Å². The standard InChI is InChI=1S/C22H22BF2N3O4/c24-22(25)9-4-11-28(12-10-22)20-18(13-15-5-1-2-8-19(15)27-20)21(29)26-16-6-3-7-17(14-16)32-23(30)31/h1-3,5-8,13-14,30-31H,4,9-12H2,(H,26,29). The molecule has 3 N–H and O–H groups in total. The summed E-state index contributed by atoms with van der Waals surface area (Å²) in [6.07, 6.45) is -0.195. The Labute approximate surface area is 183 Å². The molecule has 0 aliphatic carbocycles. The lowest BCUT2D eigenvalue weighted by molar-refractivity contribution is -0.0102. The van der Waals surface area contributed by atoms with Crippen molar-refractivity contribution in [2.75, 3.05) is 23.3 Å². The molecular weight excluding hydrogens is 419 g/mol. The Kier molecular flexibility index (Phi) is 6.25. The van der Waals surface area contributed by atoms with Gasteiger partial charge in [-0.2, -0.15) is 0 Å². The van der Waals surface area contributed by atoms with Crippen LogP contribution in [-0.2, 0) is 0 Å². The number of pyridine rings is 1. The first-order chi connectivity index (χ1) is 15.3. The van der Waals surface area contributed by atoms with E-state index in [0.717, 1.165) is 5.39 Å². The number of benzene rings is 2. The van der Waals surface area contributed by atoms with Crippen LogP contribution in [0, 0.1) is 0 Å². The fourth-order valence-corrected chi connectivity index (χ4v) is 3.76. The van der Waals surface area contributed by atoms with Crippen molar-refractivity contribution in [2.24, 2.45) is 0 Å². The molecule has 166 valence electrons. The number of hydrogen-bond acceptors (Lipinski definition) is 6. The van der Waals surface area contributed by atoms with Crippen molar-refractivity contribution in [2.45, 2.75) is 25.2 Å². The number of rotatable bonds is 5. The van der Waals surface area contributed by atoms with Crippen LogP contribution in [0.3, 0.4) is 0 Å². The van der Waals surface area contributed by atoms with E-state index >= 15 is 0 Å². The van der Waals surface area contributed by atoms with Gasteiger partial charge in [0.2, 0.25) is 5.92 Å². The van der Waals surface area contributed by atoms with E-state index in [4.69, 9.17) is 14.7 Å². The first-order valence-electron chi connectivity index (χ1n) is 10.3. The van der Waals surface area contributed by atoms with Crippen LogP contribution in [0.2, 0.25) is 0 Å². The van der Waals surface area contributed by atoms with E-state index in [1.807, 2.05) is 24.3 Å². The maximum absolute atomic E-state index is 13.9. The number of nitrogens with zero attached hydrogens (tertiary/aromatic N) is 2. The van der Waals surface area contributed by atoms with Crippen molar-refractivity contribution in [1.82, 2.24) is 4.98 Å². The van der Waals surface area contributed by atoms with Crippen LogP contribution in [0.4, 0.5) is 20.3 Å². The van der Waals surface area contributed by atoms with Gasteiger partial charge in [-0.1, -0.05) is 24.3 Å². The third-order valence-corrected chi connectivity index (χ3v) is 5.30. The average Bonchev–Trinajstić information content (AvgIpc) is 2.93. The molecule has 0 atom stereocenters. The van der Waals surface area contributed by atoms with Gasteiger partial charge in [0.05, 0.1) is 11.1 Å². The zero-order valence-electron chi connectivity index (χ0n) is 17.2. The van der Waals surface area contributed by atoms with Gasteiger partial charge in [-0.25, -0.2) is 13.8 Å². The highest BCUT2D eigenvalue weighted by Gasteiger charge is 2.33. The highest BCUT2D eigenvalue weighted by Crippen LogP contribution is 2.32. The van der Waals surface area contributed by atoms with Gasteiger partial charge in [0.15, 0.2) is 0 Å². The van der Waals surface area contributed by atoms with Gasteiger partial charge in [-0.05, 0) is 30.7 Å². The quantitative estimate of drug-likeness (QED) is 0.525. The lowest BCUT2D eigenvalue weighted by atomic mass is 10.1. The molecule has 7 nitrogen and oxygen atoms in total. The highest BCUT2D eigenvalue weighted by atomic mass is 19.3. The summed E-state index contributed by atoms with van der Waals surface area (Å²) in [7, 11) is -1.99. The minimum atomic E-state index is -2.73. The van der Waals surface area contributed by atoms with Crippen LogP contribution in [0.15, 0.2) is 54.6 Å². The monoisotopic (exact) mass is 441 g/mol. The molecule has 0 bridgehead atoms. The summed E-state index contributed by atoms with van der Waals surface area (Å²) in [5.41, 5.74) is 1.31. The molecule has 1 aromatic heterocycles. The van der Waals surface area contributed by atoms with Gasteiger partial charge < -0.3 is 24.9 Å². The molecule has 4 rings (SSSR count). The number of alkyl halides is 2. The van der Waals surface area contributed by atoms with Gasteiger partial charge >= 0.3 is 7.32 Å². The predicted octanol–water partition coefficient (Wildman–Crippen LogP) is 3.46. The summed E-state index contributed by atoms with van der Waals surface area (Å²) >= 11 is 0. The summed E-state index contributed by atoms with van der Waals surface area (Å²) < 4.78 is 32.6. The number of carbonyl (C=O) groups is 1. The molecule has 1 saturated heterocycles. The van der Waals surface area contributed by atoms with Crippen LogP contribution in [-0.4, -0.2) is 47.3 Å². The Balaban J connectivity index is 1.67. The van der Waals surface area contributed by atoms with Crippen LogP contribution in [0.25, 0.3) is 10.9 Å². The van der Waals surface area contributed by atoms with Crippen LogP contribution >= 0.6 is 0 Å². The van der Waals surface area contributed by atoms with Gasteiger partial charge in [-0.15, -0.1) is 0 Å². The Hall–Kier alpha value is -3.24. The number of aromatic nitrogens is 1. The molecule has 3 aromatic rings. The molecule has 0 saturated carbocycles. The van der Waals surface area contributed by atoms with E-state index in [1.165, 1.54) is 12.1 Å². The Morgan fingerprint density at radius 1 is 1.09 bits per heavy atom. The van der Waals surface area contributed by atoms with Crippen LogP contribution in [0.5, 0.6) is 5.75 Å². The van der Waals surface area contributed by atoms with Gasteiger partial charge in [-0.3, -0.25) is 4.79 Å². The Morgan fingerprint density at radius 2 is 1.91 bits per heavy atom. The lowest BCUT2D eigenvalue weighted by Gasteiger charge is -2.24. The highest BCUT2D eigenvalue weighted by molar-refractivity contribution is 6.33. The maximum Gasteiger partial charge on any atom is 0.707 e. The fourth-order valence-electron chi connectivity index (χ4n) is 3.76. The summed E-state index contributed by atoms with van der Waals surface area (Å²) in [5.74, 6) is -2.68. The van der Waals surface area contributed by atoms with E-state index in [2.05, 4.69) is 10.3 Å². The first kappa shape index (κ1) is 22.0. The van der Waals surface area contributed by atoms with Crippen molar-refractivity contribution >= 4 is 35.6 Å². The van der Waals surface area contributed by atoms with E-state index < -0.39 is 19.2 Å². The largest absolute Gasteiger partial charge is 0.707 e. The van der Waals surface area contributed by atoms with E-state index in [9.17, 15) is 13.6 Å². The summed E-state index contributed by atoms with van der Waals surface area (Å²) in [6.45, 7) is 0.468. The number of amides is 1. The van der Waals surface area contributed by atoms with Crippen molar-refractivity contribution < 1.29 is 28.3 Å². The Bertz CT molecular complexity index is 1130. The summed E-state index contributed by atoms with van der Waals surface area (Å²) in [6, 6.07) is 15.2. The predicted molar refractivity (Wildman–Crippen MR) is 118 cm³/mol. The number of anilines is 2. The summed E-state index contributed by atoms with van der Waals surface area (Å²) in [4.78, 5) is 19.6. The molecule has 1 aliphatic rings. The number of fused-ring (bicyclic) bond motifs is 1. The third-order valence-electron chi connectivity index (χ3n) is 5.30. The number of halogens is 2. The molecule has 2 heterocycles. The summed E-state index contributed by atoms with van der Waals surface area (Å²) in [5, 5.41) is 21.5. The van der Waals surface area contributed by atoms with Crippen LogP contribution < -0.4 is 14.9 Å². The minimum Gasteiger partial charge on any atom is -0.512 e. The Morgan fingerprint density at radius 3 is 2.72 bits per heavy atom. The van der Waals surface area contributed by atoms with Crippen molar-refractivity contribution in [3.05, 3.63) is 60.2 Å². The van der Waals surface area contributed by atoms with E-state index in [-0.39, 0.29) is 30.7 Å². The number of hydrogen-bond donors (Lipinski definition) is 3. The zero-order valence-corrected chi connectivity index (χ0v) is 17.2. The van der Waals surface area contributed by atoms with Crippen LogP contribution in [0.1, 0.15) is 29.6 Å². The normalized spacial score (nSPS) is 15.8. The second kappa shape index (κ2) is 9.09. The smallest absolute Gasteiger partial charge is 0.512 e. The van der Waals surface area contributed by atoms with E-state index in [0.29, 0.717) is 30.0 Å². The molecule has 0 unspecified atom stereocenters. The molecule has 1 fully saturated rings. The topological polar surface area (TPSA) is 94.9 Å².